The van der Waals surface area contributed by atoms with E-state index in [1.807, 2.05) is 31.2 Å². The minimum Gasteiger partial charge on any atom is -0.279 e. The average molecular weight is 290 g/mol. The summed E-state index contributed by atoms with van der Waals surface area (Å²) in [7, 11) is 0. The van der Waals surface area contributed by atoms with Crippen molar-refractivity contribution in [3.63, 3.8) is 0 Å². The summed E-state index contributed by atoms with van der Waals surface area (Å²) in [6.45, 7) is 2.00. The summed E-state index contributed by atoms with van der Waals surface area (Å²) in [5.74, 6) is 0. The van der Waals surface area contributed by atoms with Gasteiger partial charge in [0.2, 0.25) is 0 Å². The van der Waals surface area contributed by atoms with E-state index >= 15 is 0 Å². The van der Waals surface area contributed by atoms with E-state index in [1.165, 1.54) is 18.3 Å². The third-order valence-corrected chi connectivity index (χ3v) is 2.95. The minimum absolute atomic E-state index is 0.110. The Morgan fingerprint density at radius 2 is 1.95 bits per heavy atom. The second-order valence-electron chi connectivity index (χ2n) is 4.20. The van der Waals surface area contributed by atoms with Crippen LogP contribution in [0.3, 0.4) is 0 Å². The van der Waals surface area contributed by atoms with E-state index in [0.717, 1.165) is 11.3 Å². The van der Waals surface area contributed by atoms with E-state index in [1.54, 1.807) is 6.07 Å². The Labute approximate surface area is 121 Å². The van der Waals surface area contributed by atoms with Crippen molar-refractivity contribution >= 4 is 29.2 Å². The van der Waals surface area contributed by atoms with Gasteiger partial charge in [-0.3, -0.25) is 15.5 Å². The van der Waals surface area contributed by atoms with Crippen molar-refractivity contribution in [2.24, 2.45) is 5.10 Å². The second kappa shape index (κ2) is 6.16. The molecule has 0 saturated heterocycles. The van der Waals surface area contributed by atoms with Crippen LogP contribution in [0.2, 0.25) is 5.02 Å². The number of halogens is 1. The van der Waals surface area contributed by atoms with Crippen molar-refractivity contribution in [1.29, 1.82) is 0 Å². The van der Waals surface area contributed by atoms with Gasteiger partial charge in [-0.25, -0.2) is 0 Å². The van der Waals surface area contributed by atoms with Crippen LogP contribution >= 0.6 is 11.6 Å². The number of hydrazone groups is 1. The highest BCUT2D eigenvalue weighted by molar-refractivity contribution is 6.32. The van der Waals surface area contributed by atoms with Crippen molar-refractivity contribution < 1.29 is 4.92 Å². The molecule has 0 fully saturated rings. The molecule has 0 bridgehead atoms. The van der Waals surface area contributed by atoms with Crippen molar-refractivity contribution in [1.82, 2.24) is 0 Å². The maximum atomic E-state index is 10.8. The van der Waals surface area contributed by atoms with E-state index in [-0.39, 0.29) is 10.7 Å². The highest BCUT2D eigenvalue weighted by Crippen LogP contribution is 2.24. The number of benzene rings is 2. The van der Waals surface area contributed by atoms with Gasteiger partial charge in [0.15, 0.2) is 0 Å². The van der Waals surface area contributed by atoms with E-state index < -0.39 is 4.92 Å². The van der Waals surface area contributed by atoms with E-state index in [4.69, 9.17) is 11.6 Å². The third-order valence-electron chi connectivity index (χ3n) is 2.63. The summed E-state index contributed by atoms with van der Waals surface area (Å²) >= 11 is 5.73. The maximum absolute atomic E-state index is 10.8. The van der Waals surface area contributed by atoms with Crippen molar-refractivity contribution in [2.75, 3.05) is 5.43 Å². The van der Waals surface area contributed by atoms with Crippen LogP contribution in [0.4, 0.5) is 11.4 Å². The molecule has 0 atom stereocenters. The first-order chi connectivity index (χ1) is 9.56. The molecule has 2 aromatic rings. The van der Waals surface area contributed by atoms with E-state index in [9.17, 15) is 10.1 Å². The molecule has 0 aliphatic rings. The molecule has 0 radical (unpaired) electrons. The lowest BCUT2D eigenvalue weighted by Gasteiger charge is -2.00. The molecule has 0 unspecified atom stereocenters. The standard InChI is InChI=1S/C14H12ClN3O2/c1-10-2-5-12(6-3-10)17-16-9-11-4-7-13(15)14(8-11)18(19)20/h2-9,17H,1H3/b16-9-. The fraction of sp³-hybridized carbons (Fsp3) is 0.0714. The SMILES string of the molecule is Cc1ccc(N/N=C\c2ccc(Cl)c([N+](=O)[O-])c2)cc1. The normalized spacial score (nSPS) is 10.7. The Balaban J connectivity index is 2.10. The minimum atomic E-state index is -0.521. The topological polar surface area (TPSA) is 67.5 Å². The lowest BCUT2D eigenvalue weighted by molar-refractivity contribution is -0.384. The Bertz CT molecular complexity index is 654. The lowest BCUT2D eigenvalue weighted by atomic mass is 10.2. The van der Waals surface area contributed by atoms with Crippen molar-refractivity contribution in [3.05, 3.63) is 68.7 Å². The van der Waals surface area contributed by atoms with Crippen LogP contribution in [0.25, 0.3) is 0 Å². The molecular weight excluding hydrogens is 278 g/mol. The van der Waals surface area contributed by atoms with E-state index in [0.29, 0.717) is 5.56 Å². The molecule has 6 heteroatoms. The number of hydrogen-bond donors (Lipinski definition) is 1. The first kappa shape index (κ1) is 14.0. The molecule has 0 aromatic heterocycles. The van der Waals surface area contributed by atoms with Crippen LogP contribution < -0.4 is 5.43 Å². The summed E-state index contributed by atoms with van der Waals surface area (Å²) < 4.78 is 0. The van der Waals surface area contributed by atoms with Crippen LogP contribution in [0.15, 0.2) is 47.6 Å². The fourth-order valence-electron chi connectivity index (χ4n) is 1.56. The molecule has 102 valence electrons. The number of nitro groups is 1. The highest BCUT2D eigenvalue weighted by Gasteiger charge is 2.11. The van der Waals surface area contributed by atoms with Gasteiger partial charge in [0, 0.05) is 11.6 Å². The number of nitro benzene ring substituents is 1. The summed E-state index contributed by atoms with van der Waals surface area (Å²) in [4.78, 5) is 10.2. The average Bonchev–Trinajstić information content (AvgIpc) is 2.42. The zero-order valence-electron chi connectivity index (χ0n) is 10.7. The van der Waals surface area contributed by atoms with E-state index in [2.05, 4.69) is 10.5 Å². The van der Waals surface area contributed by atoms with Crippen molar-refractivity contribution in [2.45, 2.75) is 6.92 Å². The molecule has 1 N–H and O–H groups in total. The van der Waals surface area contributed by atoms with Gasteiger partial charge in [-0.15, -0.1) is 0 Å². The molecule has 0 heterocycles. The van der Waals surface area contributed by atoms with Gasteiger partial charge in [0.1, 0.15) is 5.02 Å². The van der Waals surface area contributed by atoms with Crippen molar-refractivity contribution in [3.8, 4) is 0 Å². The lowest BCUT2D eigenvalue weighted by Crippen LogP contribution is -1.93. The van der Waals surface area contributed by atoms with Crippen LogP contribution in [-0.2, 0) is 0 Å². The monoisotopic (exact) mass is 289 g/mol. The molecule has 5 nitrogen and oxygen atoms in total. The Morgan fingerprint density at radius 3 is 2.60 bits per heavy atom. The molecule has 0 aliphatic carbocycles. The molecular formula is C14H12ClN3O2. The van der Waals surface area contributed by atoms with Gasteiger partial charge in [-0.05, 0) is 25.1 Å². The zero-order valence-corrected chi connectivity index (χ0v) is 11.5. The number of anilines is 1. The number of rotatable bonds is 4. The largest absolute Gasteiger partial charge is 0.288 e. The maximum Gasteiger partial charge on any atom is 0.288 e. The predicted molar refractivity (Wildman–Crippen MR) is 80.5 cm³/mol. The quantitative estimate of drug-likeness (QED) is 0.525. The summed E-state index contributed by atoms with van der Waals surface area (Å²) in [6.07, 6.45) is 1.50. The molecule has 2 aromatic carbocycles. The molecule has 0 saturated carbocycles. The van der Waals surface area contributed by atoms with Crippen LogP contribution in [0.5, 0.6) is 0 Å². The summed E-state index contributed by atoms with van der Waals surface area (Å²) in [6, 6.07) is 12.2. The first-order valence-corrected chi connectivity index (χ1v) is 6.24. The predicted octanol–water partition coefficient (Wildman–Crippen LogP) is 4.00. The number of nitrogens with one attached hydrogen (secondary N) is 1. The molecule has 0 spiro atoms. The van der Waals surface area contributed by atoms with Gasteiger partial charge >= 0.3 is 0 Å². The van der Waals surface area contributed by atoms with Crippen LogP contribution in [0.1, 0.15) is 11.1 Å². The highest BCUT2D eigenvalue weighted by atomic mass is 35.5. The zero-order chi connectivity index (χ0) is 14.5. The Kier molecular flexibility index (Phi) is 4.32. The fourth-order valence-corrected chi connectivity index (χ4v) is 1.75. The van der Waals surface area contributed by atoms with Crippen LogP contribution in [-0.4, -0.2) is 11.1 Å². The first-order valence-electron chi connectivity index (χ1n) is 5.86. The molecule has 0 amide bonds. The van der Waals surface area contributed by atoms with Gasteiger partial charge in [-0.1, -0.05) is 35.4 Å². The third kappa shape index (κ3) is 3.55. The van der Waals surface area contributed by atoms with Gasteiger partial charge < -0.3 is 0 Å². The number of hydrogen-bond acceptors (Lipinski definition) is 4. The summed E-state index contributed by atoms with van der Waals surface area (Å²) in [5, 5.41) is 14.9. The smallest absolute Gasteiger partial charge is 0.279 e. The van der Waals surface area contributed by atoms with Gasteiger partial charge in [-0.2, -0.15) is 5.10 Å². The number of nitrogens with zero attached hydrogens (tertiary/aromatic N) is 2. The summed E-state index contributed by atoms with van der Waals surface area (Å²) in [5.41, 5.74) is 5.32. The van der Waals surface area contributed by atoms with Gasteiger partial charge in [0.25, 0.3) is 5.69 Å². The molecule has 2 rings (SSSR count). The molecule has 20 heavy (non-hydrogen) atoms. The number of aryl methyl sites for hydroxylation is 1. The Hall–Kier alpha value is -2.40. The second-order valence-corrected chi connectivity index (χ2v) is 4.61. The Morgan fingerprint density at radius 1 is 1.25 bits per heavy atom. The van der Waals surface area contributed by atoms with Crippen LogP contribution in [0, 0.1) is 17.0 Å². The van der Waals surface area contributed by atoms with Gasteiger partial charge in [0.05, 0.1) is 16.8 Å². The molecule has 0 aliphatic heterocycles.